The van der Waals surface area contributed by atoms with E-state index in [-0.39, 0.29) is 17.0 Å². The van der Waals surface area contributed by atoms with Crippen LogP contribution >= 0.6 is 0 Å². The standard InChI is InChI=1S/C10H7NO4/c11-6-3-1-2-5-7(4-8(12)13)15-10(14)9(5)6/h1-4H,11H2,(H,12,13). The third-order valence-electron chi connectivity index (χ3n) is 2.02. The molecule has 0 spiro atoms. The molecule has 1 aromatic carbocycles. The number of carboxylic acid groups (broad SMARTS) is 1. The van der Waals surface area contributed by atoms with Crippen LogP contribution in [-0.2, 0) is 9.53 Å². The second kappa shape index (κ2) is 3.13. The predicted octanol–water partition coefficient (Wildman–Crippen LogP) is 0.865. The molecule has 1 aromatic rings. The van der Waals surface area contributed by atoms with Crippen molar-refractivity contribution in [1.82, 2.24) is 0 Å². The Hall–Kier alpha value is -2.30. The Balaban J connectivity index is 2.61. The van der Waals surface area contributed by atoms with Crippen LogP contribution in [0.25, 0.3) is 5.76 Å². The Morgan fingerprint density at radius 1 is 1.47 bits per heavy atom. The lowest BCUT2D eigenvalue weighted by atomic mass is 10.1. The maximum Gasteiger partial charge on any atom is 0.346 e. The van der Waals surface area contributed by atoms with Gasteiger partial charge < -0.3 is 15.6 Å². The average Bonchev–Trinajstić information content (AvgIpc) is 2.44. The fourth-order valence-corrected chi connectivity index (χ4v) is 1.43. The molecular formula is C10H7NO4. The molecule has 0 bridgehead atoms. The summed E-state index contributed by atoms with van der Waals surface area (Å²) in [6, 6.07) is 4.78. The van der Waals surface area contributed by atoms with Gasteiger partial charge in [-0.2, -0.15) is 0 Å². The number of carbonyl (C=O) groups is 2. The van der Waals surface area contributed by atoms with Crippen LogP contribution in [0.5, 0.6) is 0 Å². The zero-order valence-corrected chi connectivity index (χ0v) is 7.56. The minimum atomic E-state index is -1.17. The molecule has 0 atom stereocenters. The Labute approximate surface area is 84.8 Å². The first-order chi connectivity index (χ1) is 7.09. The van der Waals surface area contributed by atoms with Gasteiger partial charge in [-0.3, -0.25) is 0 Å². The molecule has 0 saturated heterocycles. The van der Waals surface area contributed by atoms with Crippen LogP contribution < -0.4 is 5.73 Å². The maximum atomic E-state index is 11.3. The molecule has 5 nitrogen and oxygen atoms in total. The highest BCUT2D eigenvalue weighted by Gasteiger charge is 2.28. The van der Waals surface area contributed by atoms with Gasteiger partial charge in [-0.25, -0.2) is 9.59 Å². The number of aliphatic carboxylic acids is 1. The summed E-state index contributed by atoms with van der Waals surface area (Å²) in [5, 5.41) is 8.56. The Kier molecular flexibility index (Phi) is 1.93. The zero-order chi connectivity index (χ0) is 11.0. The van der Waals surface area contributed by atoms with Gasteiger partial charge in [0.05, 0.1) is 11.6 Å². The Morgan fingerprint density at radius 3 is 2.87 bits per heavy atom. The van der Waals surface area contributed by atoms with Gasteiger partial charge in [0, 0.05) is 11.3 Å². The molecule has 1 aliphatic rings. The van der Waals surface area contributed by atoms with E-state index in [2.05, 4.69) is 0 Å². The number of ether oxygens (including phenoxy) is 1. The smallest absolute Gasteiger partial charge is 0.346 e. The number of fused-ring (bicyclic) bond motifs is 1. The van der Waals surface area contributed by atoms with Gasteiger partial charge in [-0.1, -0.05) is 12.1 Å². The highest BCUT2D eigenvalue weighted by molar-refractivity contribution is 6.09. The number of anilines is 1. The average molecular weight is 205 g/mol. The molecular weight excluding hydrogens is 198 g/mol. The highest BCUT2D eigenvalue weighted by Crippen LogP contribution is 2.32. The number of hydrogen-bond acceptors (Lipinski definition) is 4. The summed E-state index contributed by atoms with van der Waals surface area (Å²) in [6.07, 6.45) is 0.836. The fourth-order valence-electron chi connectivity index (χ4n) is 1.43. The van der Waals surface area contributed by atoms with E-state index in [1.165, 1.54) is 0 Å². The lowest BCUT2D eigenvalue weighted by Crippen LogP contribution is -1.99. The minimum Gasteiger partial charge on any atom is -0.478 e. The molecule has 0 unspecified atom stereocenters. The molecule has 0 fully saturated rings. The van der Waals surface area contributed by atoms with Crippen LogP contribution in [-0.4, -0.2) is 17.0 Å². The highest BCUT2D eigenvalue weighted by atomic mass is 16.5. The molecule has 1 aliphatic heterocycles. The van der Waals surface area contributed by atoms with E-state index in [4.69, 9.17) is 15.6 Å². The quantitative estimate of drug-likeness (QED) is 0.403. The van der Waals surface area contributed by atoms with Gasteiger partial charge in [-0.05, 0) is 6.07 Å². The number of esters is 1. The molecule has 0 aliphatic carbocycles. The van der Waals surface area contributed by atoms with Gasteiger partial charge in [0.2, 0.25) is 0 Å². The van der Waals surface area contributed by atoms with Crippen LogP contribution in [0.1, 0.15) is 15.9 Å². The lowest BCUT2D eigenvalue weighted by molar-refractivity contribution is -0.131. The fraction of sp³-hybridized carbons (Fsp3) is 0. The van der Waals surface area contributed by atoms with E-state index >= 15 is 0 Å². The molecule has 15 heavy (non-hydrogen) atoms. The number of cyclic esters (lactones) is 1. The van der Waals surface area contributed by atoms with Crippen LogP contribution in [0.2, 0.25) is 0 Å². The Bertz CT molecular complexity index is 490. The van der Waals surface area contributed by atoms with Crippen molar-refractivity contribution < 1.29 is 19.4 Å². The van der Waals surface area contributed by atoms with E-state index in [0.29, 0.717) is 5.56 Å². The third-order valence-corrected chi connectivity index (χ3v) is 2.02. The molecule has 0 aromatic heterocycles. The predicted molar refractivity (Wildman–Crippen MR) is 51.9 cm³/mol. The number of hydrogen-bond donors (Lipinski definition) is 2. The molecule has 76 valence electrons. The van der Waals surface area contributed by atoms with Crippen molar-refractivity contribution in [3.05, 3.63) is 35.4 Å². The van der Waals surface area contributed by atoms with E-state index in [0.717, 1.165) is 6.08 Å². The van der Waals surface area contributed by atoms with Crippen molar-refractivity contribution in [2.24, 2.45) is 0 Å². The number of nitrogens with two attached hydrogens (primary N) is 1. The lowest BCUT2D eigenvalue weighted by Gasteiger charge is -1.97. The molecule has 5 heteroatoms. The number of nitrogen functional groups attached to an aromatic ring is 1. The zero-order valence-electron chi connectivity index (χ0n) is 7.56. The van der Waals surface area contributed by atoms with Crippen LogP contribution in [0.4, 0.5) is 5.69 Å². The summed E-state index contributed by atoms with van der Waals surface area (Å²) in [5.41, 5.74) is 6.51. The third kappa shape index (κ3) is 1.43. The van der Waals surface area contributed by atoms with E-state index < -0.39 is 11.9 Å². The monoisotopic (exact) mass is 205 g/mol. The summed E-state index contributed by atoms with van der Waals surface area (Å²) in [7, 11) is 0. The maximum absolute atomic E-state index is 11.3. The number of benzene rings is 1. The molecule has 0 saturated carbocycles. The largest absolute Gasteiger partial charge is 0.478 e. The first-order valence-corrected chi connectivity index (χ1v) is 4.15. The number of carbonyl (C=O) groups excluding carboxylic acids is 1. The van der Waals surface area contributed by atoms with E-state index in [1.54, 1.807) is 18.2 Å². The first kappa shape index (κ1) is 9.26. The van der Waals surface area contributed by atoms with Crippen LogP contribution in [0, 0.1) is 0 Å². The summed E-state index contributed by atoms with van der Waals surface area (Å²) in [6.45, 7) is 0. The van der Waals surface area contributed by atoms with Crippen molar-refractivity contribution in [3.8, 4) is 0 Å². The SMILES string of the molecule is Nc1cccc2c1C(=O)OC2=CC(=O)O. The number of carboxylic acids is 1. The summed E-state index contributed by atoms with van der Waals surface area (Å²) in [4.78, 5) is 21.8. The second-order valence-electron chi connectivity index (χ2n) is 3.01. The van der Waals surface area contributed by atoms with Crippen molar-refractivity contribution in [2.75, 3.05) is 5.73 Å². The summed E-state index contributed by atoms with van der Waals surface area (Å²) in [5.74, 6) is -1.77. The van der Waals surface area contributed by atoms with Gasteiger partial charge in [0.15, 0.2) is 0 Å². The van der Waals surface area contributed by atoms with Crippen molar-refractivity contribution in [2.45, 2.75) is 0 Å². The van der Waals surface area contributed by atoms with Crippen molar-refractivity contribution >= 4 is 23.4 Å². The molecule has 1 heterocycles. The normalized spacial score (nSPS) is 16.3. The van der Waals surface area contributed by atoms with Crippen molar-refractivity contribution in [1.29, 1.82) is 0 Å². The van der Waals surface area contributed by atoms with E-state index in [1.807, 2.05) is 0 Å². The Morgan fingerprint density at radius 2 is 2.20 bits per heavy atom. The molecule has 0 amide bonds. The summed E-state index contributed by atoms with van der Waals surface area (Å²) >= 11 is 0. The first-order valence-electron chi connectivity index (χ1n) is 4.15. The van der Waals surface area contributed by atoms with Crippen molar-refractivity contribution in [3.63, 3.8) is 0 Å². The molecule has 2 rings (SSSR count). The minimum absolute atomic E-state index is 0.0230. The second-order valence-corrected chi connectivity index (χ2v) is 3.01. The van der Waals surface area contributed by atoms with Gasteiger partial charge in [0.1, 0.15) is 5.76 Å². The molecule has 0 radical (unpaired) electrons. The van der Waals surface area contributed by atoms with E-state index in [9.17, 15) is 9.59 Å². The molecule has 3 N–H and O–H groups in total. The number of rotatable bonds is 1. The van der Waals surface area contributed by atoms with Crippen LogP contribution in [0.3, 0.4) is 0 Å². The van der Waals surface area contributed by atoms with Gasteiger partial charge >= 0.3 is 11.9 Å². The van der Waals surface area contributed by atoms with Crippen LogP contribution in [0.15, 0.2) is 24.3 Å². The van der Waals surface area contributed by atoms with Gasteiger partial charge in [-0.15, -0.1) is 0 Å². The summed E-state index contributed by atoms with van der Waals surface area (Å²) < 4.78 is 4.78. The topological polar surface area (TPSA) is 89.6 Å². The van der Waals surface area contributed by atoms with Gasteiger partial charge in [0.25, 0.3) is 0 Å².